The van der Waals surface area contributed by atoms with Gasteiger partial charge in [-0.2, -0.15) is 0 Å². The lowest BCUT2D eigenvalue weighted by molar-refractivity contribution is -0.203. The first kappa shape index (κ1) is 25.6. The largest absolute Gasteiger partial charge is 0.465 e. The Labute approximate surface area is 217 Å². The summed E-state index contributed by atoms with van der Waals surface area (Å²) in [5.74, 6) is 0.341. The van der Waals surface area contributed by atoms with Crippen LogP contribution in [-0.4, -0.2) is 47.2 Å². The molecule has 0 amide bonds. The van der Waals surface area contributed by atoms with E-state index >= 15 is 0 Å². The fraction of sp³-hybridized carbons (Fsp3) is 0.567. The number of ether oxygens (including phenoxy) is 3. The molecule has 5 rings (SSSR count). The van der Waals surface area contributed by atoms with Gasteiger partial charge in [0, 0.05) is 24.5 Å². The summed E-state index contributed by atoms with van der Waals surface area (Å²) in [7, 11) is -1.94. The first-order chi connectivity index (χ1) is 17.4. The van der Waals surface area contributed by atoms with Gasteiger partial charge in [-0.1, -0.05) is 81.4 Å². The van der Waals surface area contributed by atoms with Crippen molar-refractivity contribution in [1.29, 1.82) is 0 Å². The Morgan fingerprint density at radius 1 is 1.00 bits per heavy atom. The van der Waals surface area contributed by atoms with Gasteiger partial charge in [0.15, 0.2) is 6.29 Å². The standard InChI is InChI=1S/C30H40O5Si/c1-29(2,3)28-24-20-33-26(31)19-30(24,18-25(28)35-27-16-10-11-17-32-27)21-34-36(22-12-6-4-7-13-22)23-14-8-5-9-15-23/h4-9,12-15,24-25,27-28,36H,10-11,16-21H2,1-3H3. The van der Waals surface area contributed by atoms with Gasteiger partial charge < -0.3 is 18.6 Å². The first-order valence-corrected chi connectivity index (χ1v) is 15.1. The number of esters is 1. The van der Waals surface area contributed by atoms with E-state index in [1.54, 1.807) is 0 Å². The number of carbonyl (C=O) groups is 1. The Hall–Kier alpha value is -1.99. The number of hydrogen-bond acceptors (Lipinski definition) is 5. The molecule has 2 saturated heterocycles. The van der Waals surface area contributed by atoms with E-state index in [2.05, 4.69) is 69.3 Å². The molecule has 2 aromatic rings. The van der Waals surface area contributed by atoms with Gasteiger partial charge in [0.25, 0.3) is 0 Å². The summed E-state index contributed by atoms with van der Waals surface area (Å²) in [5, 5.41) is 2.51. The molecule has 5 unspecified atom stereocenters. The molecule has 0 radical (unpaired) electrons. The number of fused-ring (bicyclic) bond motifs is 1. The van der Waals surface area contributed by atoms with E-state index < -0.39 is 9.04 Å². The first-order valence-electron chi connectivity index (χ1n) is 13.5. The molecule has 3 fully saturated rings. The minimum absolute atomic E-state index is 0.00515. The van der Waals surface area contributed by atoms with Crippen LogP contribution in [0.3, 0.4) is 0 Å². The van der Waals surface area contributed by atoms with E-state index in [0.29, 0.717) is 19.6 Å². The van der Waals surface area contributed by atoms with E-state index in [4.69, 9.17) is 18.6 Å². The van der Waals surface area contributed by atoms with Gasteiger partial charge in [0.1, 0.15) is 0 Å². The Bertz CT molecular complexity index is 962. The molecule has 3 aliphatic rings. The second-order valence-electron chi connectivity index (χ2n) is 11.9. The third-order valence-corrected chi connectivity index (χ3v) is 10.8. The monoisotopic (exact) mass is 508 g/mol. The van der Waals surface area contributed by atoms with Crippen LogP contribution < -0.4 is 10.4 Å². The van der Waals surface area contributed by atoms with Gasteiger partial charge in [0.05, 0.1) is 19.1 Å². The second-order valence-corrected chi connectivity index (χ2v) is 14.3. The number of carbonyl (C=O) groups excluding carboxylic acids is 1. The molecule has 0 N–H and O–H groups in total. The third-order valence-electron chi connectivity index (χ3n) is 8.36. The van der Waals surface area contributed by atoms with Crippen LogP contribution in [0, 0.1) is 22.7 Å². The van der Waals surface area contributed by atoms with Crippen molar-refractivity contribution in [3.05, 3.63) is 60.7 Å². The van der Waals surface area contributed by atoms with Gasteiger partial charge in [-0.3, -0.25) is 4.79 Å². The van der Waals surface area contributed by atoms with Crippen molar-refractivity contribution in [2.24, 2.45) is 22.7 Å². The highest BCUT2D eigenvalue weighted by molar-refractivity contribution is 6.80. The fourth-order valence-electron chi connectivity index (χ4n) is 6.74. The zero-order valence-electron chi connectivity index (χ0n) is 21.9. The average Bonchev–Trinajstić information content (AvgIpc) is 3.19. The molecule has 194 valence electrons. The maximum Gasteiger partial charge on any atom is 0.306 e. The van der Waals surface area contributed by atoms with Crippen LogP contribution in [0.2, 0.25) is 0 Å². The number of benzene rings is 2. The predicted molar refractivity (Wildman–Crippen MR) is 143 cm³/mol. The molecule has 5 nitrogen and oxygen atoms in total. The van der Waals surface area contributed by atoms with Crippen molar-refractivity contribution < 1.29 is 23.4 Å². The molecular weight excluding hydrogens is 468 g/mol. The molecule has 2 heterocycles. The molecule has 2 aromatic carbocycles. The maximum atomic E-state index is 12.7. The van der Waals surface area contributed by atoms with Crippen LogP contribution in [0.1, 0.15) is 52.9 Å². The summed E-state index contributed by atoms with van der Waals surface area (Å²) in [4.78, 5) is 12.7. The molecule has 5 atom stereocenters. The average molecular weight is 509 g/mol. The van der Waals surface area contributed by atoms with Crippen molar-refractivity contribution >= 4 is 25.4 Å². The summed E-state index contributed by atoms with van der Waals surface area (Å²) in [5.41, 5.74) is -0.285. The topological polar surface area (TPSA) is 54.0 Å². The van der Waals surface area contributed by atoms with E-state index in [-0.39, 0.29) is 41.0 Å². The highest BCUT2D eigenvalue weighted by atomic mass is 28.3. The molecule has 1 aliphatic carbocycles. The van der Waals surface area contributed by atoms with Crippen LogP contribution in [0.15, 0.2) is 60.7 Å². The zero-order chi connectivity index (χ0) is 25.2. The third kappa shape index (κ3) is 5.47. The number of hydrogen-bond donors (Lipinski definition) is 0. The van der Waals surface area contributed by atoms with Crippen molar-refractivity contribution in [2.45, 2.75) is 65.3 Å². The van der Waals surface area contributed by atoms with Crippen LogP contribution >= 0.6 is 0 Å². The van der Waals surface area contributed by atoms with E-state index in [9.17, 15) is 4.79 Å². The predicted octanol–water partition coefficient (Wildman–Crippen LogP) is 4.07. The lowest BCUT2D eigenvalue weighted by atomic mass is 9.66. The maximum absolute atomic E-state index is 12.7. The SMILES string of the molecule is CC(C)(C)C1C(OC2CCCCO2)CC2(CO[SiH](c3ccccc3)c3ccccc3)CC(=O)OCC12. The minimum Gasteiger partial charge on any atom is -0.465 e. The molecule has 6 heteroatoms. The summed E-state index contributed by atoms with van der Waals surface area (Å²) in [6.07, 6.45) is 4.23. The van der Waals surface area contributed by atoms with Crippen LogP contribution in [0.5, 0.6) is 0 Å². The number of cyclic esters (lactones) is 1. The Kier molecular flexibility index (Phi) is 7.68. The minimum atomic E-state index is -1.94. The Morgan fingerprint density at radius 3 is 2.25 bits per heavy atom. The van der Waals surface area contributed by atoms with Crippen LogP contribution in [-0.2, 0) is 23.4 Å². The van der Waals surface area contributed by atoms with Crippen LogP contribution in [0.4, 0.5) is 0 Å². The summed E-state index contributed by atoms with van der Waals surface area (Å²) >= 11 is 0. The van der Waals surface area contributed by atoms with Crippen molar-refractivity contribution in [1.82, 2.24) is 0 Å². The lowest BCUT2D eigenvalue weighted by Crippen LogP contribution is -2.50. The van der Waals surface area contributed by atoms with Gasteiger partial charge in [-0.25, -0.2) is 0 Å². The summed E-state index contributed by atoms with van der Waals surface area (Å²) < 4.78 is 25.3. The Balaban J connectivity index is 1.44. The number of rotatable bonds is 7. The molecular formula is C30H40O5Si. The van der Waals surface area contributed by atoms with Gasteiger partial charge in [-0.15, -0.1) is 0 Å². The second kappa shape index (κ2) is 10.8. The normalized spacial score (nSPS) is 30.7. The van der Waals surface area contributed by atoms with Crippen molar-refractivity contribution in [2.75, 3.05) is 19.8 Å². The van der Waals surface area contributed by atoms with Crippen LogP contribution in [0.25, 0.3) is 0 Å². The molecule has 0 spiro atoms. The van der Waals surface area contributed by atoms with Gasteiger partial charge in [0.2, 0.25) is 9.04 Å². The van der Waals surface area contributed by atoms with E-state index in [1.807, 2.05) is 12.1 Å². The highest BCUT2D eigenvalue weighted by Crippen LogP contribution is 2.58. The van der Waals surface area contributed by atoms with Gasteiger partial charge >= 0.3 is 5.97 Å². The molecule has 1 saturated carbocycles. The van der Waals surface area contributed by atoms with E-state index in [1.165, 1.54) is 10.4 Å². The molecule has 0 aromatic heterocycles. The van der Waals surface area contributed by atoms with Crippen molar-refractivity contribution in [3.8, 4) is 0 Å². The molecule has 0 bridgehead atoms. The lowest BCUT2D eigenvalue weighted by Gasteiger charge is -2.43. The van der Waals surface area contributed by atoms with Gasteiger partial charge in [-0.05, 0) is 47.4 Å². The van der Waals surface area contributed by atoms with E-state index in [0.717, 1.165) is 32.3 Å². The zero-order valence-corrected chi connectivity index (χ0v) is 23.0. The van der Waals surface area contributed by atoms with Crippen molar-refractivity contribution in [3.63, 3.8) is 0 Å². The summed E-state index contributed by atoms with van der Waals surface area (Å²) in [6.45, 7) is 8.61. The Morgan fingerprint density at radius 2 is 1.67 bits per heavy atom. The quantitative estimate of drug-likeness (QED) is 0.417. The smallest absolute Gasteiger partial charge is 0.306 e. The fourth-order valence-corrected chi connectivity index (χ4v) is 9.15. The molecule has 36 heavy (non-hydrogen) atoms. The summed E-state index contributed by atoms with van der Waals surface area (Å²) in [6, 6.07) is 21.1. The molecule has 2 aliphatic heterocycles. The highest BCUT2D eigenvalue weighted by Gasteiger charge is 2.60.